The molecule has 0 saturated heterocycles. The maximum absolute atomic E-state index is 12.8. The van der Waals surface area contributed by atoms with Crippen molar-refractivity contribution in [2.75, 3.05) is 6.54 Å². The fourth-order valence-corrected chi connectivity index (χ4v) is 2.70. The van der Waals surface area contributed by atoms with Crippen LogP contribution in [0.2, 0.25) is 0 Å². The first-order valence-corrected chi connectivity index (χ1v) is 7.40. The van der Waals surface area contributed by atoms with Crippen LogP contribution in [-0.2, 0) is 17.9 Å². The van der Waals surface area contributed by atoms with E-state index in [1.807, 2.05) is 34.9 Å². The van der Waals surface area contributed by atoms with E-state index in [4.69, 9.17) is 0 Å². The SMILES string of the molecule is CC(O)(C(=O)N1CCn2c(-c3ccccc3)cnc2C1)C(F)(F)F. The number of benzene rings is 1. The Balaban J connectivity index is 1.84. The van der Waals surface area contributed by atoms with Crippen LogP contribution < -0.4 is 0 Å². The van der Waals surface area contributed by atoms with Crippen molar-refractivity contribution in [1.29, 1.82) is 0 Å². The lowest BCUT2D eigenvalue weighted by molar-refractivity contribution is -0.250. The summed E-state index contributed by atoms with van der Waals surface area (Å²) in [6.45, 7) is 0.803. The lowest BCUT2D eigenvalue weighted by Crippen LogP contribution is -2.57. The van der Waals surface area contributed by atoms with Gasteiger partial charge in [-0.05, 0) is 12.5 Å². The summed E-state index contributed by atoms with van der Waals surface area (Å²) in [6, 6.07) is 9.48. The Labute approximate surface area is 136 Å². The van der Waals surface area contributed by atoms with Gasteiger partial charge >= 0.3 is 6.18 Å². The summed E-state index contributed by atoms with van der Waals surface area (Å²) in [5, 5.41) is 9.56. The van der Waals surface area contributed by atoms with Gasteiger partial charge in [-0.25, -0.2) is 4.98 Å². The third-order valence-corrected chi connectivity index (χ3v) is 4.19. The van der Waals surface area contributed by atoms with Gasteiger partial charge in [0, 0.05) is 13.1 Å². The highest BCUT2D eigenvalue weighted by Gasteiger charge is 2.57. The number of halogens is 3. The van der Waals surface area contributed by atoms with Crippen LogP contribution in [0.5, 0.6) is 0 Å². The Morgan fingerprint density at radius 1 is 1.21 bits per heavy atom. The zero-order chi connectivity index (χ0) is 17.5. The van der Waals surface area contributed by atoms with Crippen LogP contribution in [0.3, 0.4) is 0 Å². The molecule has 0 fully saturated rings. The largest absolute Gasteiger partial charge is 0.426 e. The van der Waals surface area contributed by atoms with Gasteiger partial charge in [0.1, 0.15) is 5.82 Å². The molecule has 0 aliphatic carbocycles. The molecule has 1 amide bonds. The number of fused-ring (bicyclic) bond motifs is 1. The number of rotatable bonds is 2. The van der Waals surface area contributed by atoms with Crippen molar-refractivity contribution >= 4 is 5.91 Å². The summed E-state index contributed by atoms with van der Waals surface area (Å²) in [5.41, 5.74) is -1.61. The molecule has 0 bridgehead atoms. The van der Waals surface area contributed by atoms with Crippen molar-refractivity contribution < 1.29 is 23.1 Å². The van der Waals surface area contributed by atoms with Crippen LogP contribution in [0.15, 0.2) is 36.5 Å². The minimum absolute atomic E-state index is 0.0715. The van der Waals surface area contributed by atoms with E-state index in [0.717, 1.165) is 16.2 Å². The molecular formula is C16H16F3N3O2. The summed E-state index contributed by atoms with van der Waals surface area (Å²) < 4.78 is 40.4. The maximum atomic E-state index is 12.8. The summed E-state index contributed by atoms with van der Waals surface area (Å²) in [7, 11) is 0. The third kappa shape index (κ3) is 2.66. The summed E-state index contributed by atoms with van der Waals surface area (Å²) in [5.74, 6) is -0.864. The number of amides is 1. The van der Waals surface area contributed by atoms with Crippen molar-refractivity contribution in [2.45, 2.75) is 31.8 Å². The highest BCUT2D eigenvalue weighted by atomic mass is 19.4. The quantitative estimate of drug-likeness (QED) is 0.913. The molecule has 128 valence electrons. The molecule has 3 rings (SSSR count). The summed E-state index contributed by atoms with van der Waals surface area (Å²) >= 11 is 0. The minimum Gasteiger partial charge on any atom is -0.373 e. The van der Waals surface area contributed by atoms with Crippen LogP contribution in [0, 0.1) is 0 Å². The Morgan fingerprint density at radius 3 is 2.50 bits per heavy atom. The second kappa shape index (κ2) is 5.62. The number of carbonyl (C=O) groups excluding carboxylic acids is 1. The van der Waals surface area contributed by atoms with Gasteiger partial charge in [0.05, 0.1) is 18.4 Å². The Bertz CT molecular complexity index is 754. The van der Waals surface area contributed by atoms with Gasteiger partial charge < -0.3 is 14.6 Å². The molecule has 1 N–H and O–H groups in total. The van der Waals surface area contributed by atoms with Crippen LogP contribution in [0.25, 0.3) is 11.3 Å². The number of carbonyl (C=O) groups is 1. The van der Waals surface area contributed by atoms with Gasteiger partial charge in [0.2, 0.25) is 5.60 Å². The summed E-state index contributed by atoms with van der Waals surface area (Å²) in [6.07, 6.45) is -3.38. The molecule has 1 aromatic carbocycles. The Morgan fingerprint density at radius 2 is 1.88 bits per heavy atom. The number of hydrogen-bond acceptors (Lipinski definition) is 3. The van der Waals surface area contributed by atoms with E-state index >= 15 is 0 Å². The lowest BCUT2D eigenvalue weighted by Gasteiger charge is -2.34. The average Bonchev–Trinajstić information content (AvgIpc) is 2.97. The standard InChI is InChI=1S/C16H16F3N3O2/c1-15(24,16(17,18)19)14(23)21-7-8-22-12(9-20-13(22)10-21)11-5-3-2-4-6-11/h2-6,9,24H,7-8,10H2,1H3. The molecule has 1 aliphatic rings. The van der Waals surface area contributed by atoms with Gasteiger partial charge in [-0.1, -0.05) is 30.3 Å². The van der Waals surface area contributed by atoms with Gasteiger partial charge in [0.25, 0.3) is 5.91 Å². The minimum atomic E-state index is -5.02. The highest BCUT2D eigenvalue weighted by Crippen LogP contribution is 2.33. The molecule has 1 unspecified atom stereocenters. The van der Waals surface area contributed by atoms with Crippen molar-refractivity contribution in [1.82, 2.24) is 14.5 Å². The third-order valence-electron chi connectivity index (χ3n) is 4.19. The van der Waals surface area contributed by atoms with Crippen LogP contribution >= 0.6 is 0 Å². The van der Waals surface area contributed by atoms with Gasteiger partial charge in [-0.3, -0.25) is 4.79 Å². The van der Waals surface area contributed by atoms with E-state index < -0.39 is 17.7 Å². The Hall–Kier alpha value is -2.35. The second-order valence-corrected chi connectivity index (χ2v) is 5.87. The van der Waals surface area contributed by atoms with E-state index in [0.29, 0.717) is 19.3 Å². The number of hydrogen-bond donors (Lipinski definition) is 1. The first kappa shape index (κ1) is 16.5. The van der Waals surface area contributed by atoms with Gasteiger partial charge in [-0.2, -0.15) is 13.2 Å². The summed E-state index contributed by atoms with van der Waals surface area (Å²) in [4.78, 5) is 17.3. The Kier molecular flexibility index (Phi) is 3.87. The fraction of sp³-hybridized carbons (Fsp3) is 0.375. The van der Waals surface area contributed by atoms with Crippen LogP contribution in [0.4, 0.5) is 13.2 Å². The van der Waals surface area contributed by atoms with E-state index in [1.165, 1.54) is 0 Å². The first-order valence-electron chi connectivity index (χ1n) is 7.40. The molecule has 1 aromatic heterocycles. The number of imidazole rings is 1. The molecule has 8 heteroatoms. The molecular weight excluding hydrogens is 323 g/mol. The molecule has 2 aromatic rings. The van der Waals surface area contributed by atoms with Crippen LogP contribution in [0.1, 0.15) is 12.7 Å². The molecule has 0 spiro atoms. The molecule has 2 heterocycles. The molecule has 0 radical (unpaired) electrons. The van der Waals surface area contributed by atoms with Crippen molar-refractivity contribution in [3.63, 3.8) is 0 Å². The molecule has 1 atom stereocenters. The number of aromatic nitrogens is 2. The van der Waals surface area contributed by atoms with Crippen molar-refractivity contribution in [3.05, 3.63) is 42.4 Å². The lowest BCUT2D eigenvalue weighted by atomic mass is 10.0. The predicted octanol–water partition coefficient (Wildman–Crippen LogP) is 2.21. The topological polar surface area (TPSA) is 58.4 Å². The number of alkyl halides is 3. The van der Waals surface area contributed by atoms with Gasteiger partial charge in [-0.15, -0.1) is 0 Å². The van der Waals surface area contributed by atoms with E-state index in [-0.39, 0.29) is 13.1 Å². The normalized spacial score (nSPS) is 17.3. The molecule has 5 nitrogen and oxygen atoms in total. The van der Waals surface area contributed by atoms with Crippen molar-refractivity contribution in [2.24, 2.45) is 0 Å². The average molecular weight is 339 g/mol. The molecule has 0 saturated carbocycles. The number of nitrogens with zero attached hydrogens (tertiary/aromatic N) is 3. The van der Waals surface area contributed by atoms with E-state index in [1.54, 1.807) is 6.20 Å². The van der Waals surface area contributed by atoms with Crippen molar-refractivity contribution in [3.8, 4) is 11.3 Å². The zero-order valence-corrected chi connectivity index (χ0v) is 12.9. The maximum Gasteiger partial charge on any atom is 0.426 e. The molecule has 1 aliphatic heterocycles. The second-order valence-electron chi connectivity index (χ2n) is 5.87. The highest BCUT2D eigenvalue weighted by molar-refractivity contribution is 5.85. The first-order chi connectivity index (χ1) is 11.2. The van der Waals surface area contributed by atoms with E-state index in [9.17, 15) is 23.1 Å². The molecule has 24 heavy (non-hydrogen) atoms. The fourth-order valence-electron chi connectivity index (χ4n) is 2.70. The predicted molar refractivity (Wildman–Crippen MR) is 79.8 cm³/mol. The van der Waals surface area contributed by atoms with E-state index in [2.05, 4.69) is 4.98 Å². The van der Waals surface area contributed by atoms with Crippen LogP contribution in [-0.4, -0.2) is 43.8 Å². The zero-order valence-electron chi connectivity index (χ0n) is 12.9. The van der Waals surface area contributed by atoms with Gasteiger partial charge in [0.15, 0.2) is 0 Å². The smallest absolute Gasteiger partial charge is 0.373 e. The monoisotopic (exact) mass is 339 g/mol. The number of aliphatic hydroxyl groups is 1.